The SMILES string of the molecule is CNC(C)(C)Cc1c[nH]c2ccccc12. The molecule has 1 heterocycles. The van der Waals surface area contributed by atoms with E-state index in [0.717, 1.165) is 6.42 Å². The lowest BCUT2D eigenvalue weighted by molar-refractivity contribution is 0.423. The number of H-pyrrole nitrogens is 1. The van der Waals surface area contributed by atoms with Crippen LogP contribution in [-0.2, 0) is 6.42 Å². The zero-order valence-corrected chi connectivity index (χ0v) is 9.59. The van der Waals surface area contributed by atoms with Gasteiger partial charge in [0.25, 0.3) is 0 Å². The Hall–Kier alpha value is -1.28. The largest absolute Gasteiger partial charge is 0.361 e. The predicted molar refractivity (Wildman–Crippen MR) is 65.1 cm³/mol. The number of hydrogen-bond acceptors (Lipinski definition) is 1. The minimum Gasteiger partial charge on any atom is -0.361 e. The fourth-order valence-electron chi connectivity index (χ4n) is 1.84. The summed E-state index contributed by atoms with van der Waals surface area (Å²) in [6.45, 7) is 4.43. The lowest BCUT2D eigenvalue weighted by atomic mass is 9.95. The number of fused-ring (bicyclic) bond motifs is 1. The van der Waals surface area contributed by atoms with Gasteiger partial charge in [-0.25, -0.2) is 0 Å². The number of nitrogens with one attached hydrogen (secondary N) is 2. The molecule has 0 radical (unpaired) electrons. The van der Waals surface area contributed by atoms with Crippen LogP contribution in [0.2, 0.25) is 0 Å². The Kier molecular flexibility index (Phi) is 2.53. The maximum absolute atomic E-state index is 3.33. The number of aromatic nitrogens is 1. The number of likely N-dealkylation sites (N-methyl/N-ethyl adjacent to an activating group) is 1. The molecule has 0 fully saturated rings. The lowest BCUT2D eigenvalue weighted by Crippen LogP contribution is -2.38. The van der Waals surface area contributed by atoms with Crippen molar-refractivity contribution in [2.45, 2.75) is 25.8 Å². The van der Waals surface area contributed by atoms with Gasteiger partial charge in [0.15, 0.2) is 0 Å². The highest BCUT2D eigenvalue weighted by Gasteiger charge is 2.17. The minimum absolute atomic E-state index is 0.144. The molecule has 0 saturated heterocycles. The molecule has 2 aromatic rings. The van der Waals surface area contributed by atoms with Crippen LogP contribution in [-0.4, -0.2) is 17.6 Å². The molecule has 1 aromatic carbocycles. The van der Waals surface area contributed by atoms with Crippen molar-refractivity contribution in [1.82, 2.24) is 10.3 Å². The van der Waals surface area contributed by atoms with Crippen LogP contribution in [0, 0.1) is 0 Å². The molecule has 0 bridgehead atoms. The van der Waals surface area contributed by atoms with Gasteiger partial charge in [0.2, 0.25) is 0 Å². The van der Waals surface area contributed by atoms with Crippen LogP contribution >= 0.6 is 0 Å². The normalized spacial score (nSPS) is 12.2. The van der Waals surface area contributed by atoms with Crippen LogP contribution in [0.3, 0.4) is 0 Å². The van der Waals surface area contributed by atoms with E-state index in [2.05, 4.69) is 54.6 Å². The van der Waals surface area contributed by atoms with Gasteiger partial charge >= 0.3 is 0 Å². The first-order chi connectivity index (χ1) is 7.12. The first kappa shape index (κ1) is 10.2. The Morgan fingerprint density at radius 1 is 1.27 bits per heavy atom. The second kappa shape index (κ2) is 3.70. The third-order valence-electron chi connectivity index (χ3n) is 2.98. The highest BCUT2D eigenvalue weighted by atomic mass is 14.9. The average Bonchev–Trinajstić information content (AvgIpc) is 2.62. The summed E-state index contributed by atoms with van der Waals surface area (Å²) in [5.74, 6) is 0. The monoisotopic (exact) mass is 202 g/mol. The smallest absolute Gasteiger partial charge is 0.0456 e. The van der Waals surface area contributed by atoms with Gasteiger partial charge in [-0.05, 0) is 38.9 Å². The van der Waals surface area contributed by atoms with Gasteiger partial charge in [-0.15, -0.1) is 0 Å². The molecule has 0 amide bonds. The van der Waals surface area contributed by atoms with Crippen molar-refractivity contribution in [3.63, 3.8) is 0 Å². The van der Waals surface area contributed by atoms with E-state index in [9.17, 15) is 0 Å². The molecule has 0 atom stereocenters. The van der Waals surface area contributed by atoms with Gasteiger partial charge in [-0.1, -0.05) is 18.2 Å². The molecule has 0 saturated carbocycles. The van der Waals surface area contributed by atoms with Gasteiger partial charge in [-0.3, -0.25) is 0 Å². The van der Waals surface area contributed by atoms with E-state index in [4.69, 9.17) is 0 Å². The number of para-hydroxylation sites is 1. The Bertz CT molecular complexity index is 454. The summed E-state index contributed by atoms with van der Waals surface area (Å²) < 4.78 is 0. The lowest BCUT2D eigenvalue weighted by Gasteiger charge is -2.23. The fourth-order valence-corrected chi connectivity index (χ4v) is 1.84. The summed E-state index contributed by atoms with van der Waals surface area (Å²) in [5.41, 5.74) is 2.75. The third-order valence-corrected chi connectivity index (χ3v) is 2.98. The van der Waals surface area contributed by atoms with E-state index in [1.54, 1.807) is 0 Å². The predicted octanol–water partition coefficient (Wildman–Crippen LogP) is 2.71. The Labute approximate surface area is 90.7 Å². The standard InChI is InChI=1S/C13H18N2/c1-13(2,14-3)8-10-9-15-12-7-5-4-6-11(10)12/h4-7,9,14-15H,8H2,1-3H3. The molecular formula is C13H18N2. The summed E-state index contributed by atoms with van der Waals surface area (Å²) in [4.78, 5) is 3.31. The zero-order chi connectivity index (χ0) is 10.9. The molecule has 0 aliphatic carbocycles. The molecule has 2 nitrogen and oxygen atoms in total. The fraction of sp³-hybridized carbons (Fsp3) is 0.385. The summed E-state index contributed by atoms with van der Waals surface area (Å²) in [6.07, 6.45) is 3.15. The van der Waals surface area contributed by atoms with E-state index >= 15 is 0 Å². The minimum atomic E-state index is 0.144. The van der Waals surface area contributed by atoms with Crippen LogP contribution < -0.4 is 5.32 Å². The molecule has 2 heteroatoms. The number of benzene rings is 1. The summed E-state index contributed by atoms with van der Waals surface area (Å²) in [7, 11) is 2.01. The Balaban J connectivity index is 2.37. The van der Waals surface area contributed by atoms with Crippen molar-refractivity contribution in [2.75, 3.05) is 7.05 Å². The second-order valence-corrected chi connectivity index (χ2v) is 4.67. The van der Waals surface area contributed by atoms with E-state index in [0.29, 0.717) is 0 Å². The Morgan fingerprint density at radius 2 is 2.00 bits per heavy atom. The molecule has 80 valence electrons. The molecule has 15 heavy (non-hydrogen) atoms. The van der Waals surface area contributed by atoms with E-state index in [1.807, 2.05) is 7.05 Å². The summed E-state index contributed by atoms with van der Waals surface area (Å²) >= 11 is 0. The molecule has 0 spiro atoms. The third kappa shape index (κ3) is 2.05. The highest BCUT2D eigenvalue weighted by Crippen LogP contribution is 2.21. The quantitative estimate of drug-likeness (QED) is 0.787. The molecule has 0 aliphatic rings. The van der Waals surface area contributed by atoms with E-state index in [-0.39, 0.29) is 5.54 Å². The van der Waals surface area contributed by atoms with Crippen LogP contribution in [0.15, 0.2) is 30.5 Å². The highest BCUT2D eigenvalue weighted by molar-refractivity contribution is 5.83. The van der Waals surface area contributed by atoms with Crippen molar-refractivity contribution in [3.8, 4) is 0 Å². The van der Waals surface area contributed by atoms with Crippen LogP contribution in [0.4, 0.5) is 0 Å². The molecule has 0 unspecified atom stereocenters. The summed E-state index contributed by atoms with van der Waals surface area (Å²) in [6, 6.07) is 8.44. The van der Waals surface area contributed by atoms with E-state index in [1.165, 1.54) is 16.5 Å². The molecular weight excluding hydrogens is 184 g/mol. The molecule has 0 aliphatic heterocycles. The van der Waals surface area contributed by atoms with Crippen molar-refractivity contribution >= 4 is 10.9 Å². The first-order valence-electron chi connectivity index (χ1n) is 5.36. The van der Waals surface area contributed by atoms with E-state index < -0.39 is 0 Å². The molecule has 2 N–H and O–H groups in total. The summed E-state index contributed by atoms with van der Waals surface area (Å²) in [5, 5.41) is 4.66. The maximum Gasteiger partial charge on any atom is 0.0456 e. The topological polar surface area (TPSA) is 27.8 Å². The zero-order valence-electron chi connectivity index (χ0n) is 9.59. The van der Waals surface area contributed by atoms with Crippen LogP contribution in [0.1, 0.15) is 19.4 Å². The van der Waals surface area contributed by atoms with Crippen molar-refractivity contribution < 1.29 is 0 Å². The van der Waals surface area contributed by atoms with Crippen molar-refractivity contribution in [1.29, 1.82) is 0 Å². The van der Waals surface area contributed by atoms with Gasteiger partial charge in [0.05, 0.1) is 0 Å². The second-order valence-electron chi connectivity index (χ2n) is 4.67. The first-order valence-corrected chi connectivity index (χ1v) is 5.36. The molecule has 2 rings (SSSR count). The van der Waals surface area contributed by atoms with Gasteiger partial charge in [0, 0.05) is 22.6 Å². The van der Waals surface area contributed by atoms with Crippen molar-refractivity contribution in [2.24, 2.45) is 0 Å². The Morgan fingerprint density at radius 3 is 2.73 bits per heavy atom. The maximum atomic E-state index is 3.33. The average molecular weight is 202 g/mol. The number of rotatable bonds is 3. The number of hydrogen-bond donors (Lipinski definition) is 2. The molecule has 1 aromatic heterocycles. The van der Waals surface area contributed by atoms with Crippen molar-refractivity contribution in [3.05, 3.63) is 36.0 Å². The van der Waals surface area contributed by atoms with Crippen LogP contribution in [0.25, 0.3) is 10.9 Å². The van der Waals surface area contributed by atoms with Gasteiger partial charge < -0.3 is 10.3 Å². The van der Waals surface area contributed by atoms with Gasteiger partial charge in [0.1, 0.15) is 0 Å². The van der Waals surface area contributed by atoms with Crippen LogP contribution in [0.5, 0.6) is 0 Å². The number of aromatic amines is 1. The van der Waals surface area contributed by atoms with Gasteiger partial charge in [-0.2, -0.15) is 0 Å².